The number of nitrogens with one attached hydrogen (secondary N) is 1. The van der Waals surface area contributed by atoms with Gasteiger partial charge in [0, 0.05) is 18.8 Å². The van der Waals surface area contributed by atoms with Gasteiger partial charge in [-0.2, -0.15) is 0 Å². The molecule has 11 nitrogen and oxygen atoms in total. The Morgan fingerprint density at radius 1 is 1.03 bits per heavy atom. The number of morpholine rings is 1. The lowest BCUT2D eigenvalue weighted by molar-refractivity contribution is -0.149. The number of ether oxygens (including phenoxy) is 1. The summed E-state index contributed by atoms with van der Waals surface area (Å²) >= 11 is 0. The van der Waals surface area contributed by atoms with Crippen LogP contribution in [0, 0.1) is 0 Å². The molecule has 1 aromatic heterocycles. The molecule has 3 fully saturated rings. The lowest BCUT2D eigenvalue weighted by Gasteiger charge is -2.43. The largest absolute Gasteiger partial charge is 0.369 e. The molecule has 0 saturated carbocycles. The molecule has 0 aliphatic carbocycles. The number of hydrogen-bond donors (Lipinski definition) is 1. The standard InChI is InChI=1S/C28H31N7O4/c36-25(32-13-11-28(12-14-32)27(38)29-20-35(28)23-9-5-2-6-10-23)17-33-15-22(30-31-33)16-34-24(18-39-19-26(34)37)21-7-3-1-4-8-21/h1-10,15,24H,11-14,16-20H2,(H,29,38)/t24-/m0/s1. The fourth-order valence-corrected chi connectivity index (χ4v) is 5.81. The second-order valence-electron chi connectivity index (χ2n) is 10.2. The van der Waals surface area contributed by atoms with E-state index in [-0.39, 0.29) is 43.5 Å². The average molecular weight is 530 g/mol. The summed E-state index contributed by atoms with van der Waals surface area (Å²) in [5.74, 6) is -0.162. The molecule has 39 heavy (non-hydrogen) atoms. The van der Waals surface area contributed by atoms with Crippen molar-refractivity contribution in [2.75, 3.05) is 37.9 Å². The average Bonchev–Trinajstić information content (AvgIpc) is 3.54. The monoisotopic (exact) mass is 529 g/mol. The number of hydrogen-bond acceptors (Lipinski definition) is 7. The maximum atomic E-state index is 13.1. The highest BCUT2D eigenvalue weighted by Gasteiger charge is 2.50. The SMILES string of the molecule is O=C(Cn1cc(CN2C(=O)COC[C@H]2c2ccccc2)nn1)N1CCC2(CC1)C(=O)NCN2c1ccccc1. The van der Waals surface area contributed by atoms with Crippen LogP contribution in [0.25, 0.3) is 0 Å². The van der Waals surface area contributed by atoms with Gasteiger partial charge in [-0.05, 0) is 30.5 Å². The molecular formula is C28H31N7O4. The molecule has 3 saturated heterocycles. The van der Waals surface area contributed by atoms with E-state index in [1.54, 1.807) is 16.0 Å². The number of amides is 3. The third-order valence-corrected chi connectivity index (χ3v) is 7.95. The van der Waals surface area contributed by atoms with Crippen LogP contribution in [-0.2, 0) is 32.2 Å². The van der Waals surface area contributed by atoms with Crippen molar-refractivity contribution in [3.05, 3.63) is 78.1 Å². The first-order chi connectivity index (χ1) is 19.0. The van der Waals surface area contributed by atoms with Crippen LogP contribution in [0.1, 0.15) is 30.1 Å². The Bertz CT molecular complexity index is 1340. The summed E-state index contributed by atoms with van der Waals surface area (Å²) in [4.78, 5) is 44.4. The van der Waals surface area contributed by atoms with Crippen molar-refractivity contribution < 1.29 is 19.1 Å². The van der Waals surface area contributed by atoms with E-state index in [0.717, 1.165) is 11.3 Å². The summed E-state index contributed by atoms with van der Waals surface area (Å²) < 4.78 is 7.02. The van der Waals surface area contributed by atoms with Crippen LogP contribution in [0.2, 0.25) is 0 Å². The molecule has 202 valence electrons. The lowest BCUT2D eigenvalue weighted by Crippen LogP contribution is -2.57. The Kier molecular flexibility index (Phi) is 6.74. The number of benzene rings is 2. The maximum Gasteiger partial charge on any atom is 0.249 e. The normalized spacial score (nSPS) is 20.9. The zero-order valence-electron chi connectivity index (χ0n) is 21.6. The van der Waals surface area contributed by atoms with Gasteiger partial charge in [-0.1, -0.05) is 53.7 Å². The number of rotatable bonds is 6. The molecule has 6 rings (SSSR count). The minimum atomic E-state index is -0.640. The predicted octanol–water partition coefficient (Wildman–Crippen LogP) is 1.33. The van der Waals surface area contributed by atoms with Gasteiger partial charge in [0.05, 0.1) is 32.1 Å². The van der Waals surface area contributed by atoms with Crippen LogP contribution in [0.5, 0.6) is 0 Å². The van der Waals surface area contributed by atoms with Crippen LogP contribution in [0.3, 0.4) is 0 Å². The molecule has 0 radical (unpaired) electrons. The molecule has 4 heterocycles. The zero-order valence-corrected chi connectivity index (χ0v) is 21.6. The quantitative estimate of drug-likeness (QED) is 0.513. The van der Waals surface area contributed by atoms with Crippen molar-refractivity contribution in [2.45, 2.75) is 37.5 Å². The van der Waals surface area contributed by atoms with Crippen LogP contribution in [-0.4, -0.2) is 81.0 Å². The molecule has 1 atom stereocenters. The van der Waals surface area contributed by atoms with Gasteiger partial charge < -0.3 is 24.8 Å². The number of carbonyl (C=O) groups is 3. The number of para-hydroxylation sites is 1. The van der Waals surface area contributed by atoms with Crippen molar-refractivity contribution in [1.82, 2.24) is 30.1 Å². The van der Waals surface area contributed by atoms with Gasteiger partial charge in [0.15, 0.2) is 0 Å². The zero-order chi connectivity index (χ0) is 26.8. The number of likely N-dealkylation sites (tertiary alicyclic amines) is 1. The first kappa shape index (κ1) is 25.1. The molecular weight excluding hydrogens is 498 g/mol. The Labute approximate surface area is 226 Å². The smallest absolute Gasteiger partial charge is 0.249 e. The molecule has 11 heteroatoms. The second kappa shape index (κ2) is 10.5. The number of nitrogens with zero attached hydrogens (tertiary/aromatic N) is 6. The minimum Gasteiger partial charge on any atom is -0.369 e. The summed E-state index contributed by atoms with van der Waals surface area (Å²) in [6, 6.07) is 19.5. The number of anilines is 1. The molecule has 2 aromatic carbocycles. The summed E-state index contributed by atoms with van der Waals surface area (Å²) in [6.45, 7) is 2.22. The van der Waals surface area contributed by atoms with E-state index in [4.69, 9.17) is 4.74 Å². The Balaban J connectivity index is 1.08. The third kappa shape index (κ3) is 4.85. The van der Waals surface area contributed by atoms with Crippen LogP contribution in [0.4, 0.5) is 5.69 Å². The van der Waals surface area contributed by atoms with Crippen LogP contribution in [0.15, 0.2) is 66.9 Å². The summed E-state index contributed by atoms with van der Waals surface area (Å²) in [6.07, 6.45) is 2.83. The molecule has 1 N–H and O–H groups in total. The highest BCUT2D eigenvalue weighted by molar-refractivity contribution is 5.93. The maximum absolute atomic E-state index is 13.1. The topological polar surface area (TPSA) is 113 Å². The van der Waals surface area contributed by atoms with Gasteiger partial charge in [-0.3, -0.25) is 14.4 Å². The van der Waals surface area contributed by atoms with E-state index < -0.39 is 5.54 Å². The lowest BCUT2D eigenvalue weighted by atomic mass is 9.85. The van der Waals surface area contributed by atoms with Crippen LogP contribution >= 0.6 is 0 Å². The van der Waals surface area contributed by atoms with Gasteiger partial charge >= 0.3 is 0 Å². The fraction of sp³-hybridized carbons (Fsp3) is 0.393. The fourth-order valence-electron chi connectivity index (χ4n) is 5.81. The van der Waals surface area contributed by atoms with E-state index in [9.17, 15) is 14.4 Å². The van der Waals surface area contributed by atoms with Gasteiger partial charge in [-0.15, -0.1) is 5.10 Å². The molecule has 3 aromatic rings. The van der Waals surface area contributed by atoms with E-state index in [1.807, 2.05) is 60.7 Å². The van der Waals surface area contributed by atoms with E-state index in [1.165, 1.54) is 4.68 Å². The summed E-state index contributed by atoms with van der Waals surface area (Å²) in [5, 5.41) is 11.4. The molecule has 1 spiro atoms. The van der Waals surface area contributed by atoms with E-state index >= 15 is 0 Å². The highest BCUT2D eigenvalue weighted by atomic mass is 16.5. The molecule has 3 aliphatic heterocycles. The minimum absolute atomic E-state index is 0.0193. The van der Waals surface area contributed by atoms with Gasteiger partial charge in [0.2, 0.25) is 17.7 Å². The Hall–Kier alpha value is -4.25. The van der Waals surface area contributed by atoms with Gasteiger partial charge in [0.25, 0.3) is 0 Å². The van der Waals surface area contributed by atoms with Crippen molar-refractivity contribution in [3.63, 3.8) is 0 Å². The Morgan fingerprint density at radius 2 is 1.74 bits per heavy atom. The number of piperidine rings is 1. The van der Waals surface area contributed by atoms with Crippen molar-refractivity contribution in [3.8, 4) is 0 Å². The first-order valence-electron chi connectivity index (χ1n) is 13.2. The highest BCUT2D eigenvalue weighted by Crippen LogP contribution is 2.36. The third-order valence-electron chi connectivity index (χ3n) is 7.95. The Morgan fingerprint density at radius 3 is 2.49 bits per heavy atom. The second-order valence-corrected chi connectivity index (χ2v) is 10.2. The molecule has 0 unspecified atom stereocenters. The van der Waals surface area contributed by atoms with E-state index in [2.05, 4.69) is 20.5 Å². The van der Waals surface area contributed by atoms with Crippen molar-refractivity contribution >= 4 is 23.4 Å². The van der Waals surface area contributed by atoms with Gasteiger partial charge in [-0.25, -0.2) is 4.68 Å². The first-order valence-corrected chi connectivity index (χ1v) is 13.2. The summed E-state index contributed by atoms with van der Waals surface area (Å²) in [5.41, 5.74) is 1.97. The van der Waals surface area contributed by atoms with Crippen LogP contribution < -0.4 is 10.2 Å². The molecule has 3 aliphatic rings. The number of carbonyl (C=O) groups excluding carboxylic acids is 3. The number of aromatic nitrogens is 3. The van der Waals surface area contributed by atoms with Crippen molar-refractivity contribution in [1.29, 1.82) is 0 Å². The summed E-state index contributed by atoms with van der Waals surface area (Å²) in [7, 11) is 0. The van der Waals surface area contributed by atoms with Gasteiger partial charge in [0.1, 0.15) is 24.4 Å². The predicted molar refractivity (Wildman–Crippen MR) is 141 cm³/mol. The molecule has 3 amide bonds. The van der Waals surface area contributed by atoms with E-state index in [0.29, 0.717) is 44.9 Å². The van der Waals surface area contributed by atoms with Crippen molar-refractivity contribution in [2.24, 2.45) is 0 Å². The molecule has 0 bridgehead atoms.